The van der Waals surface area contributed by atoms with Crippen molar-refractivity contribution in [1.82, 2.24) is 4.90 Å². The SMILES string of the molecule is C#CCN(CC#C)C(=O)c1cc(CBr)cc(CBr)c1. The number of rotatable bonds is 5. The molecule has 0 bridgehead atoms. The minimum Gasteiger partial charge on any atom is -0.316 e. The lowest BCUT2D eigenvalue weighted by Gasteiger charge is -2.18. The van der Waals surface area contributed by atoms with Crippen molar-refractivity contribution in [2.24, 2.45) is 0 Å². The summed E-state index contributed by atoms with van der Waals surface area (Å²) in [6.45, 7) is 0.427. The highest BCUT2D eigenvalue weighted by atomic mass is 79.9. The zero-order valence-electron chi connectivity index (χ0n) is 10.3. The van der Waals surface area contributed by atoms with Crippen LogP contribution in [0.2, 0.25) is 0 Å². The molecule has 0 spiro atoms. The fourth-order valence-electron chi connectivity index (χ4n) is 1.64. The van der Waals surface area contributed by atoms with Gasteiger partial charge in [0.25, 0.3) is 5.91 Å². The quantitative estimate of drug-likeness (QED) is 0.565. The summed E-state index contributed by atoms with van der Waals surface area (Å²) in [5, 5.41) is 1.39. The highest BCUT2D eigenvalue weighted by molar-refractivity contribution is 9.08. The van der Waals surface area contributed by atoms with Gasteiger partial charge in [-0.25, -0.2) is 0 Å². The van der Waals surface area contributed by atoms with E-state index >= 15 is 0 Å². The Balaban J connectivity index is 3.10. The van der Waals surface area contributed by atoms with Crippen LogP contribution in [0.3, 0.4) is 0 Å². The molecule has 19 heavy (non-hydrogen) atoms. The number of alkyl halides is 2. The third kappa shape index (κ3) is 4.42. The van der Waals surface area contributed by atoms with E-state index in [2.05, 4.69) is 43.7 Å². The normalized spacial score (nSPS) is 9.47. The predicted molar refractivity (Wildman–Crippen MR) is 85.3 cm³/mol. The second kappa shape index (κ2) is 8.04. The Hall–Kier alpha value is -1.23. The number of hydrogen-bond donors (Lipinski definition) is 0. The van der Waals surface area contributed by atoms with Gasteiger partial charge in [0.15, 0.2) is 0 Å². The number of halogens is 2. The van der Waals surface area contributed by atoms with Crippen molar-refractivity contribution in [1.29, 1.82) is 0 Å². The fourth-order valence-corrected chi connectivity index (χ4v) is 2.29. The van der Waals surface area contributed by atoms with E-state index in [4.69, 9.17) is 12.8 Å². The molecule has 1 aromatic carbocycles. The third-order valence-electron chi connectivity index (χ3n) is 2.46. The first-order valence-corrected chi connectivity index (χ1v) is 7.81. The molecule has 0 radical (unpaired) electrons. The Morgan fingerprint density at radius 1 is 1.05 bits per heavy atom. The number of benzene rings is 1. The summed E-state index contributed by atoms with van der Waals surface area (Å²) in [7, 11) is 0. The van der Waals surface area contributed by atoms with E-state index in [1.165, 1.54) is 4.90 Å². The smallest absolute Gasteiger partial charge is 0.255 e. The lowest BCUT2D eigenvalue weighted by molar-refractivity contribution is 0.0796. The third-order valence-corrected chi connectivity index (χ3v) is 3.75. The molecule has 1 rings (SSSR count). The highest BCUT2D eigenvalue weighted by Crippen LogP contribution is 2.17. The zero-order valence-corrected chi connectivity index (χ0v) is 13.5. The Morgan fingerprint density at radius 2 is 1.53 bits per heavy atom. The van der Waals surface area contributed by atoms with Crippen LogP contribution >= 0.6 is 31.9 Å². The molecule has 0 saturated heterocycles. The van der Waals surface area contributed by atoms with Gasteiger partial charge in [-0.05, 0) is 23.3 Å². The average molecular weight is 383 g/mol. The van der Waals surface area contributed by atoms with E-state index in [-0.39, 0.29) is 19.0 Å². The lowest BCUT2D eigenvalue weighted by atomic mass is 10.1. The summed E-state index contributed by atoms with van der Waals surface area (Å²) in [5.41, 5.74) is 2.69. The van der Waals surface area contributed by atoms with Crippen molar-refractivity contribution in [2.45, 2.75) is 10.7 Å². The van der Waals surface area contributed by atoms with E-state index in [0.29, 0.717) is 16.2 Å². The molecule has 1 aromatic rings. The number of terminal acetylenes is 2. The number of carbonyl (C=O) groups is 1. The average Bonchev–Trinajstić information content (AvgIpc) is 2.45. The Labute approximate surface area is 130 Å². The van der Waals surface area contributed by atoms with Crippen LogP contribution in [0, 0.1) is 24.7 Å². The van der Waals surface area contributed by atoms with Crippen molar-refractivity contribution in [3.63, 3.8) is 0 Å². The van der Waals surface area contributed by atoms with Crippen LogP contribution in [0.15, 0.2) is 18.2 Å². The molecular weight excluding hydrogens is 370 g/mol. The monoisotopic (exact) mass is 381 g/mol. The molecule has 1 amide bonds. The summed E-state index contributed by atoms with van der Waals surface area (Å²) < 4.78 is 0. The number of carbonyl (C=O) groups excluding carboxylic acids is 1. The zero-order chi connectivity index (χ0) is 14.3. The Bertz CT molecular complexity index is 502. The molecule has 0 aliphatic heterocycles. The second-order valence-corrected chi connectivity index (χ2v) is 5.00. The first-order chi connectivity index (χ1) is 9.15. The van der Waals surface area contributed by atoms with Crippen LogP contribution in [0.5, 0.6) is 0 Å². The van der Waals surface area contributed by atoms with Gasteiger partial charge in [0.05, 0.1) is 13.1 Å². The fraction of sp³-hybridized carbons (Fsp3) is 0.267. The van der Waals surface area contributed by atoms with Crippen LogP contribution in [-0.4, -0.2) is 23.9 Å². The Kier molecular flexibility index (Phi) is 6.70. The molecule has 0 aliphatic carbocycles. The van der Waals surface area contributed by atoms with Crippen LogP contribution in [0.4, 0.5) is 0 Å². The second-order valence-electron chi connectivity index (χ2n) is 3.87. The largest absolute Gasteiger partial charge is 0.316 e. The maximum absolute atomic E-state index is 12.4. The molecule has 0 heterocycles. The van der Waals surface area contributed by atoms with Gasteiger partial charge in [0, 0.05) is 16.2 Å². The van der Waals surface area contributed by atoms with Gasteiger partial charge in [-0.15, -0.1) is 12.8 Å². The number of amides is 1. The van der Waals surface area contributed by atoms with E-state index in [0.717, 1.165) is 11.1 Å². The van der Waals surface area contributed by atoms with Gasteiger partial charge < -0.3 is 4.90 Å². The maximum atomic E-state index is 12.4. The standard InChI is InChI=1S/C15H13Br2NO/c1-3-5-18(6-4-2)15(19)14-8-12(10-16)7-13(9-14)11-17/h1-2,7-9H,5-6,10-11H2. The maximum Gasteiger partial charge on any atom is 0.255 e. The van der Waals surface area contributed by atoms with Gasteiger partial charge in [-0.3, -0.25) is 4.79 Å². The minimum atomic E-state index is -0.138. The van der Waals surface area contributed by atoms with Crippen LogP contribution in [-0.2, 0) is 10.7 Å². The van der Waals surface area contributed by atoms with Crippen LogP contribution < -0.4 is 0 Å². The van der Waals surface area contributed by atoms with E-state index in [9.17, 15) is 4.79 Å². The van der Waals surface area contributed by atoms with Crippen molar-refractivity contribution in [2.75, 3.05) is 13.1 Å². The van der Waals surface area contributed by atoms with Gasteiger partial charge in [-0.2, -0.15) is 0 Å². The van der Waals surface area contributed by atoms with Gasteiger partial charge in [0.2, 0.25) is 0 Å². The molecule has 0 N–H and O–H groups in total. The Morgan fingerprint density at radius 3 is 1.89 bits per heavy atom. The molecule has 0 aromatic heterocycles. The van der Waals surface area contributed by atoms with Crippen molar-refractivity contribution in [3.05, 3.63) is 34.9 Å². The first-order valence-electron chi connectivity index (χ1n) is 5.57. The molecule has 0 unspecified atom stereocenters. The summed E-state index contributed by atoms with van der Waals surface area (Å²) in [6.07, 6.45) is 10.5. The summed E-state index contributed by atoms with van der Waals surface area (Å²) in [4.78, 5) is 13.8. The van der Waals surface area contributed by atoms with Gasteiger partial charge in [-0.1, -0.05) is 49.8 Å². The summed E-state index contributed by atoms with van der Waals surface area (Å²) in [6, 6.07) is 5.74. The number of nitrogens with zero attached hydrogens (tertiary/aromatic N) is 1. The highest BCUT2D eigenvalue weighted by Gasteiger charge is 2.15. The van der Waals surface area contributed by atoms with Crippen molar-refractivity contribution in [3.8, 4) is 24.7 Å². The number of hydrogen-bond acceptors (Lipinski definition) is 1. The minimum absolute atomic E-state index is 0.138. The van der Waals surface area contributed by atoms with E-state index in [1.807, 2.05) is 18.2 Å². The van der Waals surface area contributed by atoms with Crippen molar-refractivity contribution >= 4 is 37.8 Å². The van der Waals surface area contributed by atoms with E-state index < -0.39 is 0 Å². The molecule has 4 heteroatoms. The molecule has 0 atom stereocenters. The van der Waals surface area contributed by atoms with Crippen LogP contribution in [0.1, 0.15) is 21.5 Å². The van der Waals surface area contributed by atoms with E-state index in [1.54, 1.807) is 0 Å². The summed E-state index contributed by atoms with van der Waals surface area (Å²) >= 11 is 6.80. The summed E-state index contributed by atoms with van der Waals surface area (Å²) in [5.74, 6) is 4.76. The molecule has 0 aliphatic rings. The van der Waals surface area contributed by atoms with Crippen LogP contribution in [0.25, 0.3) is 0 Å². The van der Waals surface area contributed by atoms with Gasteiger partial charge in [0.1, 0.15) is 0 Å². The van der Waals surface area contributed by atoms with Gasteiger partial charge >= 0.3 is 0 Å². The van der Waals surface area contributed by atoms with Crippen molar-refractivity contribution < 1.29 is 4.79 Å². The molecule has 0 saturated carbocycles. The predicted octanol–water partition coefficient (Wildman–Crippen LogP) is 3.19. The molecule has 0 fully saturated rings. The molecular formula is C15H13Br2NO. The first kappa shape index (κ1) is 15.8. The molecule has 2 nitrogen and oxygen atoms in total. The lowest BCUT2D eigenvalue weighted by Crippen LogP contribution is -2.31. The molecule has 98 valence electrons. The topological polar surface area (TPSA) is 20.3 Å².